The van der Waals surface area contributed by atoms with Crippen molar-refractivity contribution in [1.29, 1.82) is 0 Å². The molecule has 3 atom stereocenters. The molecule has 110 valence electrons. The molecular weight excluding hydrogens is 281 g/mol. The van der Waals surface area contributed by atoms with E-state index in [0.717, 1.165) is 0 Å². The highest BCUT2D eigenvalue weighted by Gasteiger charge is 2.46. The Labute approximate surface area is 123 Å². The number of aliphatic hydroxyl groups is 1. The van der Waals surface area contributed by atoms with Crippen molar-refractivity contribution >= 4 is 17.5 Å². The number of hydrogen-bond acceptors (Lipinski definition) is 2. The van der Waals surface area contributed by atoms with E-state index in [1.165, 1.54) is 6.07 Å². The average Bonchev–Trinajstić information content (AvgIpc) is 3.15. The lowest BCUT2D eigenvalue weighted by Gasteiger charge is -2.15. The van der Waals surface area contributed by atoms with E-state index < -0.39 is 6.10 Å². The summed E-state index contributed by atoms with van der Waals surface area (Å²) in [7, 11) is 0. The predicted molar refractivity (Wildman–Crippen MR) is 76.1 cm³/mol. The Balaban J connectivity index is 1.93. The van der Waals surface area contributed by atoms with Gasteiger partial charge in [-0.15, -0.1) is 0 Å². The molecule has 0 spiro atoms. The summed E-state index contributed by atoms with van der Waals surface area (Å²) in [5.74, 6) is -0.816. The first-order chi connectivity index (χ1) is 9.41. The SMILES string of the molecule is CC(C)C(O)CNC(=O)C1CC1c1c(F)cccc1Cl. The monoisotopic (exact) mass is 299 g/mol. The molecule has 1 saturated carbocycles. The van der Waals surface area contributed by atoms with Gasteiger partial charge in [0.1, 0.15) is 5.82 Å². The molecule has 1 amide bonds. The topological polar surface area (TPSA) is 49.3 Å². The van der Waals surface area contributed by atoms with Gasteiger partial charge in [0.2, 0.25) is 5.91 Å². The highest BCUT2D eigenvalue weighted by molar-refractivity contribution is 6.31. The van der Waals surface area contributed by atoms with Crippen LogP contribution in [0, 0.1) is 17.7 Å². The standard InChI is InChI=1S/C15H19ClFNO2/c1-8(2)13(19)7-18-15(20)10-6-9(10)14-11(16)4-3-5-12(14)17/h3-5,8-10,13,19H,6-7H2,1-2H3,(H,18,20). The summed E-state index contributed by atoms with van der Waals surface area (Å²) in [5.41, 5.74) is 0.429. The van der Waals surface area contributed by atoms with Crippen LogP contribution in [0.2, 0.25) is 5.02 Å². The molecule has 3 unspecified atom stereocenters. The van der Waals surface area contributed by atoms with Gasteiger partial charge < -0.3 is 10.4 Å². The Morgan fingerprint density at radius 1 is 1.55 bits per heavy atom. The van der Waals surface area contributed by atoms with Crippen LogP contribution in [0.5, 0.6) is 0 Å². The zero-order valence-electron chi connectivity index (χ0n) is 11.6. The van der Waals surface area contributed by atoms with Crippen molar-refractivity contribution in [2.75, 3.05) is 6.54 Å². The molecule has 0 bridgehead atoms. The van der Waals surface area contributed by atoms with Crippen molar-refractivity contribution in [3.05, 3.63) is 34.6 Å². The molecule has 1 fully saturated rings. The van der Waals surface area contributed by atoms with Crippen molar-refractivity contribution in [3.8, 4) is 0 Å². The van der Waals surface area contributed by atoms with Crippen LogP contribution in [0.4, 0.5) is 4.39 Å². The first-order valence-electron chi connectivity index (χ1n) is 6.81. The summed E-state index contributed by atoms with van der Waals surface area (Å²) in [4.78, 5) is 12.0. The number of hydrogen-bond donors (Lipinski definition) is 2. The maximum absolute atomic E-state index is 13.7. The van der Waals surface area contributed by atoms with Crippen molar-refractivity contribution in [2.45, 2.75) is 32.3 Å². The second-order valence-corrected chi connectivity index (χ2v) is 6.05. The van der Waals surface area contributed by atoms with Gasteiger partial charge in [-0.2, -0.15) is 0 Å². The number of carbonyl (C=O) groups is 1. The minimum Gasteiger partial charge on any atom is -0.391 e. The highest BCUT2D eigenvalue weighted by atomic mass is 35.5. The van der Waals surface area contributed by atoms with Crippen LogP contribution in [-0.2, 0) is 4.79 Å². The van der Waals surface area contributed by atoms with E-state index >= 15 is 0 Å². The fourth-order valence-corrected chi connectivity index (χ4v) is 2.54. The summed E-state index contributed by atoms with van der Waals surface area (Å²) in [6.45, 7) is 4.00. The van der Waals surface area contributed by atoms with E-state index in [-0.39, 0.29) is 36.0 Å². The van der Waals surface area contributed by atoms with Crippen LogP contribution in [-0.4, -0.2) is 23.7 Å². The van der Waals surface area contributed by atoms with E-state index in [0.29, 0.717) is 17.0 Å². The van der Waals surface area contributed by atoms with E-state index in [9.17, 15) is 14.3 Å². The summed E-state index contributed by atoms with van der Waals surface area (Å²) in [6.07, 6.45) is 0.0396. The minimum atomic E-state index is -0.562. The third kappa shape index (κ3) is 3.30. The largest absolute Gasteiger partial charge is 0.391 e. The Kier molecular flexibility index (Phi) is 4.66. The number of aliphatic hydroxyl groups excluding tert-OH is 1. The van der Waals surface area contributed by atoms with Crippen LogP contribution in [0.15, 0.2) is 18.2 Å². The first-order valence-corrected chi connectivity index (χ1v) is 7.19. The Hall–Kier alpha value is -1.13. The first kappa shape index (κ1) is 15.3. The molecule has 1 aliphatic carbocycles. The van der Waals surface area contributed by atoms with E-state index in [4.69, 9.17) is 11.6 Å². The molecule has 0 heterocycles. The summed E-state index contributed by atoms with van der Waals surface area (Å²) in [6, 6.07) is 4.55. The summed E-state index contributed by atoms with van der Waals surface area (Å²) < 4.78 is 13.7. The molecule has 1 aliphatic rings. The molecule has 2 rings (SSSR count). The molecule has 0 radical (unpaired) electrons. The fraction of sp³-hybridized carbons (Fsp3) is 0.533. The normalized spacial score (nSPS) is 22.7. The smallest absolute Gasteiger partial charge is 0.223 e. The Morgan fingerprint density at radius 2 is 2.25 bits per heavy atom. The molecule has 0 aliphatic heterocycles. The molecule has 1 aromatic carbocycles. The Bertz CT molecular complexity index is 486. The van der Waals surface area contributed by atoms with Crippen LogP contribution >= 0.6 is 11.6 Å². The Morgan fingerprint density at radius 3 is 2.85 bits per heavy atom. The minimum absolute atomic E-state index is 0.0892. The second-order valence-electron chi connectivity index (χ2n) is 5.64. The van der Waals surface area contributed by atoms with E-state index in [1.807, 2.05) is 13.8 Å². The predicted octanol–water partition coefficient (Wildman–Crippen LogP) is 2.72. The van der Waals surface area contributed by atoms with Crippen molar-refractivity contribution in [3.63, 3.8) is 0 Å². The molecule has 3 nitrogen and oxygen atoms in total. The van der Waals surface area contributed by atoms with Gasteiger partial charge in [-0.25, -0.2) is 4.39 Å². The van der Waals surface area contributed by atoms with Gasteiger partial charge >= 0.3 is 0 Å². The van der Waals surface area contributed by atoms with Gasteiger partial charge in [0.05, 0.1) is 6.10 Å². The lowest BCUT2D eigenvalue weighted by Crippen LogP contribution is -2.35. The van der Waals surface area contributed by atoms with Gasteiger partial charge in [-0.05, 0) is 24.5 Å². The molecule has 5 heteroatoms. The zero-order valence-corrected chi connectivity index (χ0v) is 12.3. The zero-order chi connectivity index (χ0) is 14.9. The molecule has 0 saturated heterocycles. The highest BCUT2D eigenvalue weighted by Crippen LogP contribution is 2.50. The van der Waals surface area contributed by atoms with Crippen molar-refractivity contribution in [2.24, 2.45) is 11.8 Å². The third-order valence-electron chi connectivity index (χ3n) is 3.75. The second kappa shape index (κ2) is 6.10. The van der Waals surface area contributed by atoms with Crippen molar-refractivity contribution in [1.82, 2.24) is 5.32 Å². The third-order valence-corrected chi connectivity index (χ3v) is 4.08. The molecule has 0 aromatic heterocycles. The van der Waals surface area contributed by atoms with Crippen LogP contribution in [0.3, 0.4) is 0 Å². The lowest BCUT2D eigenvalue weighted by molar-refractivity contribution is -0.123. The van der Waals surface area contributed by atoms with Crippen LogP contribution in [0.25, 0.3) is 0 Å². The maximum Gasteiger partial charge on any atom is 0.223 e. The maximum atomic E-state index is 13.7. The van der Waals surface area contributed by atoms with E-state index in [2.05, 4.69) is 5.32 Å². The quantitative estimate of drug-likeness (QED) is 0.878. The van der Waals surface area contributed by atoms with Crippen LogP contribution < -0.4 is 5.32 Å². The molecular formula is C15H19ClFNO2. The number of halogens is 2. The number of rotatable bonds is 5. The molecule has 1 aromatic rings. The van der Waals surface area contributed by atoms with E-state index in [1.54, 1.807) is 12.1 Å². The summed E-state index contributed by atoms with van der Waals surface area (Å²) in [5, 5.41) is 12.7. The van der Waals surface area contributed by atoms with Gasteiger partial charge in [-0.3, -0.25) is 4.79 Å². The lowest BCUT2D eigenvalue weighted by atomic mass is 10.1. The van der Waals surface area contributed by atoms with Crippen LogP contribution in [0.1, 0.15) is 31.7 Å². The van der Waals surface area contributed by atoms with Gasteiger partial charge in [0, 0.05) is 29.0 Å². The molecule has 20 heavy (non-hydrogen) atoms. The van der Waals surface area contributed by atoms with Gasteiger partial charge in [0.15, 0.2) is 0 Å². The number of benzene rings is 1. The summed E-state index contributed by atoms with van der Waals surface area (Å²) >= 11 is 5.99. The van der Waals surface area contributed by atoms with Gasteiger partial charge in [-0.1, -0.05) is 31.5 Å². The number of amides is 1. The number of nitrogens with one attached hydrogen (secondary N) is 1. The number of carbonyl (C=O) groups excluding carboxylic acids is 1. The fourth-order valence-electron chi connectivity index (χ4n) is 2.24. The average molecular weight is 300 g/mol. The molecule has 2 N–H and O–H groups in total. The van der Waals surface area contributed by atoms with Crippen molar-refractivity contribution < 1.29 is 14.3 Å². The van der Waals surface area contributed by atoms with Gasteiger partial charge in [0.25, 0.3) is 0 Å².